The van der Waals surface area contributed by atoms with Gasteiger partial charge in [0, 0.05) is 22.4 Å². The van der Waals surface area contributed by atoms with Crippen molar-refractivity contribution in [1.82, 2.24) is 10.3 Å². The molecule has 0 amide bonds. The van der Waals surface area contributed by atoms with Crippen LogP contribution in [0.1, 0.15) is 21.1 Å². The van der Waals surface area contributed by atoms with Crippen molar-refractivity contribution in [3.63, 3.8) is 0 Å². The van der Waals surface area contributed by atoms with Gasteiger partial charge in [0.1, 0.15) is 5.01 Å². The number of benzene rings is 1. The SMILES string of the molecule is Cc1nc(CNCc2ccccc2Br)sc1C. The summed E-state index contributed by atoms with van der Waals surface area (Å²) in [6.45, 7) is 5.87. The van der Waals surface area contributed by atoms with Crippen molar-refractivity contribution in [2.45, 2.75) is 26.9 Å². The second-order valence-electron chi connectivity index (χ2n) is 3.94. The fraction of sp³-hybridized carbons (Fsp3) is 0.308. The molecule has 90 valence electrons. The highest BCUT2D eigenvalue weighted by Crippen LogP contribution is 2.17. The standard InChI is InChI=1S/C13H15BrN2S/c1-9-10(2)17-13(16-9)8-15-7-11-5-3-4-6-12(11)14/h3-6,15H,7-8H2,1-2H3. The first-order chi connectivity index (χ1) is 8.16. The Bertz CT molecular complexity index is 488. The van der Waals surface area contributed by atoms with Gasteiger partial charge in [-0.1, -0.05) is 34.1 Å². The van der Waals surface area contributed by atoms with E-state index in [4.69, 9.17) is 0 Å². The van der Waals surface area contributed by atoms with Gasteiger partial charge < -0.3 is 5.32 Å². The van der Waals surface area contributed by atoms with E-state index in [9.17, 15) is 0 Å². The zero-order valence-electron chi connectivity index (χ0n) is 9.96. The fourth-order valence-electron chi connectivity index (χ4n) is 1.56. The van der Waals surface area contributed by atoms with Crippen molar-refractivity contribution >= 4 is 27.3 Å². The van der Waals surface area contributed by atoms with E-state index in [2.05, 4.69) is 58.3 Å². The number of nitrogens with zero attached hydrogens (tertiary/aromatic N) is 1. The van der Waals surface area contributed by atoms with Gasteiger partial charge in [-0.05, 0) is 25.5 Å². The second kappa shape index (κ2) is 5.76. The lowest BCUT2D eigenvalue weighted by Gasteiger charge is -2.04. The zero-order chi connectivity index (χ0) is 12.3. The maximum atomic E-state index is 4.51. The number of aromatic nitrogens is 1. The first-order valence-electron chi connectivity index (χ1n) is 5.54. The highest BCUT2D eigenvalue weighted by Gasteiger charge is 2.03. The van der Waals surface area contributed by atoms with Gasteiger partial charge in [-0.2, -0.15) is 0 Å². The topological polar surface area (TPSA) is 24.9 Å². The molecule has 0 atom stereocenters. The maximum absolute atomic E-state index is 4.51. The van der Waals surface area contributed by atoms with Gasteiger partial charge in [0.2, 0.25) is 0 Å². The normalized spacial score (nSPS) is 10.8. The maximum Gasteiger partial charge on any atom is 0.107 e. The van der Waals surface area contributed by atoms with Crippen LogP contribution in [0.4, 0.5) is 0 Å². The molecule has 2 aromatic rings. The molecule has 0 aliphatic carbocycles. The summed E-state index contributed by atoms with van der Waals surface area (Å²) in [4.78, 5) is 5.82. The molecule has 0 saturated heterocycles. The number of aryl methyl sites for hydroxylation is 2. The molecule has 0 bridgehead atoms. The molecule has 1 aromatic carbocycles. The summed E-state index contributed by atoms with van der Waals surface area (Å²) in [5.41, 5.74) is 2.42. The molecule has 0 aliphatic rings. The van der Waals surface area contributed by atoms with Crippen molar-refractivity contribution in [2.24, 2.45) is 0 Å². The third kappa shape index (κ3) is 3.37. The van der Waals surface area contributed by atoms with Crippen LogP contribution in [-0.4, -0.2) is 4.98 Å². The van der Waals surface area contributed by atoms with Crippen LogP contribution < -0.4 is 5.32 Å². The molecule has 1 heterocycles. The summed E-state index contributed by atoms with van der Waals surface area (Å²) >= 11 is 5.31. The van der Waals surface area contributed by atoms with Crippen LogP contribution in [0, 0.1) is 13.8 Å². The van der Waals surface area contributed by atoms with Crippen LogP contribution in [0.15, 0.2) is 28.7 Å². The molecule has 0 saturated carbocycles. The van der Waals surface area contributed by atoms with Gasteiger partial charge in [-0.15, -0.1) is 11.3 Å². The van der Waals surface area contributed by atoms with Crippen LogP contribution in [0.2, 0.25) is 0 Å². The molecule has 0 unspecified atom stereocenters. The number of thiazole rings is 1. The number of nitrogens with one attached hydrogen (secondary N) is 1. The van der Waals surface area contributed by atoms with Crippen LogP contribution in [0.25, 0.3) is 0 Å². The fourth-order valence-corrected chi connectivity index (χ4v) is 2.89. The minimum absolute atomic E-state index is 0.834. The lowest BCUT2D eigenvalue weighted by molar-refractivity contribution is 0.687. The first-order valence-corrected chi connectivity index (χ1v) is 7.15. The lowest BCUT2D eigenvalue weighted by Crippen LogP contribution is -2.12. The monoisotopic (exact) mass is 310 g/mol. The average molecular weight is 311 g/mol. The highest BCUT2D eigenvalue weighted by molar-refractivity contribution is 9.10. The van der Waals surface area contributed by atoms with E-state index in [1.165, 1.54) is 10.4 Å². The van der Waals surface area contributed by atoms with Gasteiger partial charge in [0.05, 0.1) is 5.69 Å². The van der Waals surface area contributed by atoms with Crippen molar-refractivity contribution in [3.8, 4) is 0 Å². The number of hydrogen-bond donors (Lipinski definition) is 1. The van der Waals surface area contributed by atoms with E-state index in [1.807, 2.05) is 6.07 Å². The summed E-state index contributed by atoms with van der Waals surface area (Å²) in [5, 5.41) is 4.58. The first kappa shape index (κ1) is 12.7. The zero-order valence-corrected chi connectivity index (χ0v) is 12.4. The molecule has 17 heavy (non-hydrogen) atoms. The minimum Gasteiger partial charge on any atom is -0.306 e. The summed E-state index contributed by atoms with van der Waals surface area (Å²) in [7, 11) is 0. The summed E-state index contributed by atoms with van der Waals surface area (Å²) in [6.07, 6.45) is 0. The van der Waals surface area contributed by atoms with E-state index in [0.29, 0.717) is 0 Å². The smallest absolute Gasteiger partial charge is 0.107 e. The Kier molecular flexibility index (Phi) is 4.31. The Morgan fingerprint density at radius 2 is 2.00 bits per heavy atom. The van der Waals surface area contributed by atoms with Gasteiger partial charge >= 0.3 is 0 Å². The predicted molar refractivity (Wildman–Crippen MR) is 76.3 cm³/mol. The Hall–Kier alpha value is -0.710. The van der Waals surface area contributed by atoms with Crippen LogP contribution in [-0.2, 0) is 13.1 Å². The van der Waals surface area contributed by atoms with Crippen LogP contribution >= 0.6 is 27.3 Å². The highest BCUT2D eigenvalue weighted by atomic mass is 79.9. The van der Waals surface area contributed by atoms with E-state index in [0.717, 1.165) is 28.3 Å². The average Bonchev–Trinajstić information content (AvgIpc) is 2.61. The molecule has 1 N–H and O–H groups in total. The lowest BCUT2D eigenvalue weighted by atomic mass is 10.2. The van der Waals surface area contributed by atoms with Crippen molar-refractivity contribution in [3.05, 3.63) is 49.9 Å². The molecule has 1 aromatic heterocycles. The minimum atomic E-state index is 0.834. The third-order valence-corrected chi connectivity index (χ3v) is 4.47. The van der Waals surface area contributed by atoms with Crippen LogP contribution in [0.5, 0.6) is 0 Å². The quantitative estimate of drug-likeness (QED) is 0.928. The molecule has 0 fully saturated rings. The third-order valence-electron chi connectivity index (χ3n) is 2.62. The Morgan fingerprint density at radius 1 is 1.24 bits per heavy atom. The van der Waals surface area contributed by atoms with Gasteiger partial charge in [0.25, 0.3) is 0 Å². The van der Waals surface area contributed by atoms with Crippen molar-refractivity contribution in [1.29, 1.82) is 0 Å². The number of hydrogen-bond acceptors (Lipinski definition) is 3. The Labute approximate surface area is 114 Å². The molecule has 2 nitrogen and oxygen atoms in total. The van der Waals surface area contributed by atoms with E-state index >= 15 is 0 Å². The van der Waals surface area contributed by atoms with E-state index in [-0.39, 0.29) is 0 Å². The summed E-state index contributed by atoms with van der Waals surface area (Å²) in [6, 6.07) is 8.27. The van der Waals surface area contributed by atoms with E-state index in [1.54, 1.807) is 11.3 Å². The summed E-state index contributed by atoms with van der Waals surface area (Å²) in [5.74, 6) is 0. The Balaban J connectivity index is 1.90. The molecule has 2 rings (SSSR count). The molecule has 0 aliphatic heterocycles. The van der Waals surface area contributed by atoms with Crippen molar-refractivity contribution < 1.29 is 0 Å². The molecule has 0 spiro atoms. The predicted octanol–water partition coefficient (Wildman–Crippen LogP) is 3.81. The largest absolute Gasteiger partial charge is 0.306 e. The molecular weight excluding hydrogens is 296 g/mol. The second-order valence-corrected chi connectivity index (χ2v) is 6.09. The molecule has 4 heteroatoms. The van der Waals surface area contributed by atoms with E-state index < -0.39 is 0 Å². The van der Waals surface area contributed by atoms with Gasteiger partial charge in [-0.3, -0.25) is 0 Å². The number of halogens is 1. The Morgan fingerprint density at radius 3 is 2.65 bits per heavy atom. The molecule has 0 radical (unpaired) electrons. The van der Waals surface area contributed by atoms with Gasteiger partial charge in [-0.25, -0.2) is 4.98 Å². The molecular formula is C13H15BrN2S. The summed E-state index contributed by atoms with van der Waals surface area (Å²) < 4.78 is 1.15. The van der Waals surface area contributed by atoms with Crippen molar-refractivity contribution in [2.75, 3.05) is 0 Å². The number of rotatable bonds is 4. The van der Waals surface area contributed by atoms with Crippen LogP contribution in [0.3, 0.4) is 0 Å². The van der Waals surface area contributed by atoms with Gasteiger partial charge in [0.15, 0.2) is 0 Å².